The molecule has 1 unspecified atom stereocenters. The van der Waals surface area contributed by atoms with Gasteiger partial charge < -0.3 is 4.74 Å². The number of ether oxygens (including phenoxy) is 1. The summed E-state index contributed by atoms with van der Waals surface area (Å²) >= 11 is 0. The highest BCUT2D eigenvalue weighted by Crippen LogP contribution is 2.14. The van der Waals surface area contributed by atoms with E-state index in [1.807, 2.05) is 20.8 Å². The van der Waals surface area contributed by atoms with E-state index in [0.717, 1.165) is 0 Å². The van der Waals surface area contributed by atoms with E-state index in [9.17, 15) is 13.2 Å². The summed E-state index contributed by atoms with van der Waals surface area (Å²) in [5, 5.41) is 0. The van der Waals surface area contributed by atoms with Crippen LogP contribution in [0.25, 0.3) is 0 Å². The van der Waals surface area contributed by atoms with Gasteiger partial charge in [0.05, 0.1) is 11.5 Å². The molecule has 1 aromatic rings. The second-order valence-electron chi connectivity index (χ2n) is 5.22. The number of sulfonamides is 1. The summed E-state index contributed by atoms with van der Waals surface area (Å²) in [4.78, 5) is 11.5. The fraction of sp³-hybridized carbons (Fsp3) is 0.533. The molecule has 1 N–H and O–H groups in total. The van der Waals surface area contributed by atoms with Gasteiger partial charge in [0.2, 0.25) is 10.0 Å². The van der Waals surface area contributed by atoms with Crippen LogP contribution in [0.4, 0.5) is 0 Å². The number of carbonyl (C=O) groups is 1. The number of rotatable bonds is 8. The predicted octanol–water partition coefficient (Wildman–Crippen LogP) is 2.23. The molecule has 0 saturated carbocycles. The van der Waals surface area contributed by atoms with Crippen LogP contribution in [0.1, 0.15) is 38.1 Å². The Hall–Kier alpha value is -1.24. The molecule has 0 aliphatic heterocycles. The number of hydrogen-bond acceptors (Lipinski definition) is 4. The minimum Gasteiger partial charge on any atom is -0.380 e. The van der Waals surface area contributed by atoms with Crippen molar-refractivity contribution in [3.8, 4) is 0 Å². The normalized spacial score (nSPS) is 13.4. The summed E-state index contributed by atoms with van der Waals surface area (Å²) in [6.07, 6.45) is 0. The second kappa shape index (κ2) is 7.68. The van der Waals surface area contributed by atoms with Gasteiger partial charge in [-0.2, -0.15) is 0 Å². The highest BCUT2D eigenvalue weighted by Gasteiger charge is 2.23. The number of carbonyl (C=O) groups excluding carboxylic acids is 1. The number of nitrogens with one attached hydrogen (secondary N) is 1. The van der Waals surface area contributed by atoms with Crippen molar-refractivity contribution in [1.82, 2.24) is 4.72 Å². The first-order valence-electron chi connectivity index (χ1n) is 6.99. The first-order valence-corrected chi connectivity index (χ1v) is 8.47. The third-order valence-corrected chi connectivity index (χ3v) is 4.65. The van der Waals surface area contributed by atoms with Crippen LogP contribution in [0.5, 0.6) is 0 Å². The smallest absolute Gasteiger partial charge is 0.240 e. The molecule has 6 heteroatoms. The monoisotopic (exact) mass is 313 g/mol. The Labute approximate surface area is 126 Å². The summed E-state index contributed by atoms with van der Waals surface area (Å²) < 4.78 is 32.8. The van der Waals surface area contributed by atoms with Crippen molar-refractivity contribution >= 4 is 15.8 Å². The van der Waals surface area contributed by atoms with E-state index in [4.69, 9.17) is 4.74 Å². The maximum absolute atomic E-state index is 12.4. The average molecular weight is 313 g/mol. The minimum absolute atomic E-state index is 0.0948. The molecule has 1 rings (SSSR count). The second-order valence-corrected chi connectivity index (χ2v) is 6.93. The molecule has 0 aromatic heterocycles. The van der Waals surface area contributed by atoms with E-state index in [-0.39, 0.29) is 22.6 Å². The van der Waals surface area contributed by atoms with E-state index < -0.39 is 10.0 Å². The lowest BCUT2D eigenvalue weighted by molar-refractivity contribution is 0.101. The van der Waals surface area contributed by atoms with Gasteiger partial charge in [0.15, 0.2) is 5.78 Å². The molecule has 1 aromatic carbocycles. The van der Waals surface area contributed by atoms with Crippen molar-refractivity contribution in [2.24, 2.45) is 5.92 Å². The van der Waals surface area contributed by atoms with Gasteiger partial charge in [0.25, 0.3) is 0 Å². The SMILES string of the molecule is CCOCC(NS(=O)(=O)c1cccc(C(C)=O)c1)C(C)C. The molecular formula is C15H23NO4S. The fourth-order valence-electron chi connectivity index (χ4n) is 1.76. The van der Waals surface area contributed by atoms with Gasteiger partial charge in [0.1, 0.15) is 0 Å². The van der Waals surface area contributed by atoms with Gasteiger partial charge in [0, 0.05) is 18.2 Å². The highest BCUT2D eigenvalue weighted by molar-refractivity contribution is 7.89. The summed E-state index contributed by atoms with van der Waals surface area (Å²) in [6, 6.07) is 5.73. The molecule has 0 bridgehead atoms. The molecule has 0 amide bonds. The average Bonchev–Trinajstić information content (AvgIpc) is 2.43. The zero-order chi connectivity index (χ0) is 16.0. The number of Topliss-reactive ketones (excluding diaryl/α,β-unsaturated/α-hetero) is 1. The molecule has 5 nitrogen and oxygen atoms in total. The molecule has 0 fully saturated rings. The molecule has 1 atom stereocenters. The van der Waals surface area contributed by atoms with Gasteiger partial charge in [-0.25, -0.2) is 13.1 Å². The van der Waals surface area contributed by atoms with E-state index in [0.29, 0.717) is 18.8 Å². The number of benzene rings is 1. The van der Waals surface area contributed by atoms with Crippen molar-refractivity contribution in [1.29, 1.82) is 0 Å². The lowest BCUT2D eigenvalue weighted by Gasteiger charge is -2.22. The molecule has 0 saturated heterocycles. The van der Waals surface area contributed by atoms with Gasteiger partial charge in [-0.05, 0) is 31.9 Å². The minimum atomic E-state index is -3.67. The van der Waals surface area contributed by atoms with Crippen molar-refractivity contribution in [3.05, 3.63) is 29.8 Å². The highest BCUT2D eigenvalue weighted by atomic mass is 32.2. The topological polar surface area (TPSA) is 72.5 Å². The first-order chi connectivity index (χ1) is 9.77. The van der Waals surface area contributed by atoms with Crippen LogP contribution in [-0.4, -0.2) is 33.5 Å². The molecule has 0 heterocycles. The molecule has 21 heavy (non-hydrogen) atoms. The van der Waals surface area contributed by atoms with E-state index in [2.05, 4.69) is 4.72 Å². The zero-order valence-electron chi connectivity index (χ0n) is 12.9. The quantitative estimate of drug-likeness (QED) is 0.747. The third kappa shape index (κ3) is 5.22. The van der Waals surface area contributed by atoms with Crippen LogP contribution in [0.2, 0.25) is 0 Å². The van der Waals surface area contributed by atoms with E-state index in [1.54, 1.807) is 12.1 Å². The summed E-state index contributed by atoms with van der Waals surface area (Å²) in [5.74, 6) is -0.0657. The Morgan fingerprint density at radius 3 is 2.52 bits per heavy atom. The lowest BCUT2D eigenvalue weighted by atomic mass is 10.1. The summed E-state index contributed by atoms with van der Waals surface area (Å²) in [7, 11) is -3.67. The van der Waals surface area contributed by atoms with Gasteiger partial charge in [-0.3, -0.25) is 4.79 Å². The van der Waals surface area contributed by atoms with E-state index >= 15 is 0 Å². The van der Waals surface area contributed by atoms with Crippen LogP contribution in [0.15, 0.2) is 29.2 Å². The van der Waals surface area contributed by atoms with Crippen LogP contribution >= 0.6 is 0 Å². The predicted molar refractivity (Wildman–Crippen MR) is 81.9 cm³/mol. The van der Waals surface area contributed by atoms with Crippen molar-refractivity contribution in [3.63, 3.8) is 0 Å². The van der Waals surface area contributed by atoms with Gasteiger partial charge in [-0.15, -0.1) is 0 Å². The maximum Gasteiger partial charge on any atom is 0.240 e. The van der Waals surface area contributed by atoms with Gasteiger partial charge in [-0.1, -0.05) is 26.0 Å². The third-order valence-electron chi connectivity index (χ3n) is 3.16. The van der Waals surface area contributed by atoms with Crippen LogP contribution < -0.4 is 4.72 Å². The molecule has 0 aliphatic rings. The zero-order valence-corrected chi connectivity index (χ0v) is 13.7. The largest absolute Gasteiger partial charge is 0.380 e. The van der Waals surface area contributed by atoms with Crippen molar-refractivity contribution in [2.45, 2.75) is 38.6 Å². The Balaban J connectivity index is 2.98. The standard InChI is InChI=1S/C15H23NO4S/c1-5-20-10-15(11(2)3)16-21(18,19)14-8-6-7-13(9-14)12(4)17/h6-9,11,15-16H,5,10H2,1-4H3. The Kier molecular flexibility index (Phi) is 6.51. The molecular weight excluding hydrogens is 290 g/mol. The molecule has 0 aliphatic carbocycles. The van der Waals surface area contributed by atoms with Crippen molar-refractivity contribution < 1.29 is 17.9 Å². The van der Waals surface area contributed by atoms with E-state index in [1.165, 1.54) is 19.1 Å². The Bertz CT molecular complexity index is 581. The summed E-state index contributed by atoms with van der Waals surface area (Å²) in [5.41, 5.74) is 0.379. The van der Waals surface area contributed by atoms with Crippen LogP contribution in [-0.2, 0) is 14.8 Å². The molecule has 0 radical (unpaired) electrons. The van der Waals surface area contributed by atoms with Crippen LogP contribution in [0.3, 0.4) is 0 Å². The number of ketones is 1. The maximum atomic E-state index is 12.4. The first kappa shape index (κ1) is 17.8. The number of hydrogen-bond donors (Lipinski definition) is 1. The summed E-state index contributed by atoms with van der Waals surface area (Å²) in [6.45, 7) is 7.98. The van der Waals surface area contributed by atoms with Crippen molar-refractivity contribution in [2.75, 3.05) is 13.2 Å². The Morgan fingerprint density at radius 1 is 1.33 bits per heavy atom. The van der Waals surface area contributed by atoms with Gasteiger partial charge >= 0.3 is 0 Å². The lowest BCUT2D eigenvalue weighted by Crippen LogP contribution is -2.41. The van der Waals surface area contributed by atoms with Crippen LogP contribution in [0, 0.1) is 5.92 Å². The molecule has 118 valence electrons. The fourth-order valence-corrected chi connectivity index (χ4v) is 3.17. The molecule has 0 spiro atoms. The Morgan fingerprint density at radius 2 is 2.00 bits per heavy atom.